The summed E-state index contributed by atoms with van der Waals surface area (Å²) < 4.78 is 5.86. The summed E-state index contributed by atoms with van der Waals surface area (Å²) in [6, 6.07) is 8.99. The SMILES string of the molecule is CC(C)CC(C)(COc1ccc(-c2ccnc3c2C(=O)NC3)cc1C#N)NC(=O)O. The molecule has 2 heterocycles. The molecule has 1 unspecified atom stereocenters. The van der Waals surface area contributed by atoms with Crippen LogP contribution in [0.3, 0.4) is 0 Å². The Bertz CT molecular complexity index is 1030. The van der Waals surface area contributed by atoms with E-state index in [0.29, 0.717) is 46.7 Å². The van der Waals surface area contributed by atoms with Crippen molar-refractivity contribution in [1.29, 1.82) is 5.26 Å². The molecular formula is C22H24N4O4. The van der Waals surface area contributed by atoms with E-state index in [2.05, 4.69) is 21.7 Å². The average molecular weight is 408 g/mol. The van der Waals surface area contributed by atoms with E-state index in [9.17, 15) is 14.9 Å². The highest BCUT2D eigenvalue weighted by Crippen LogP contribution is 2.32. The molecule has 0 radical (unpaired) electrons. The van der Waals surface area contributed by atoms with E-state index in [-0.39, 0.29) is 18.4 Å². The van der Waals surface area contributed by atoms with E-state index in [1.54, 1.807) is 37.4 Å². The number of nitrogens with one attached hydrogen (secondary N) is 2. The van der Waals surface area contributed by atoms with Crippen molar-refractivity contribution >= 4 is 12.0 Å². The van der Waals surface area contributed by atoms with Gasteiger partial charge in [-0.15, -0.1) is 0 Å². The second kappa shape index (κ2) is 8.41. The first kappa shape index (κ1) is 21.1. The van der Waals surface area contributed by atoms with Crippen LogP contribution in [0.25, 0.3) is 11.1 Å². The van der Waals surface area contributed by atoms with E-state index in [0.717, 1.165) is 0 Å². The van der Waals surface area contributed by atoms with E-state index < -0.39 is 11.6 Å². The van der Waals surface area contributed by atoms with Gasteiger partial charge in [-0.1, -0.05) is 19.9 Å². The molecule has 8 nitrogen and oxygen atoms in total. The lowest BCUT2D eigenvalue weighted by molar-refractivity contribution is 0.0966. The largest absolute Gasteiger partial charge is 0.490 e. The van der Waals surface area contributed by atoms with Crippen LogP contribution in [-0.4, -0.2) is 34.2 Å². The fourth-order valence-corrected chi connectivity index (χ4v) is 3.84. The van der Waals surface area contributed by atoms with Gasteiger partial charge in [-0.25, -0.2) is 4.79 Å². The summed E-state index contributed by atoms with van der Waals surface area (Å²) in [5, 5.41) is 24.1. The zero-order valence-electron chi connectivity index (χ0n) is 17.2. The fourth-order valence-electron chi connectivity index (χ4n) is 3.84. The van der Waals surface area contributed by atoms with Crippen molar-refractivity contribution in [3.8, 4) is 22.9 Å². The highest BCUT2D eigenvalue weighted by atomic mass is 16.5. The summed E-state index contributed by atoms with van der Waals surface area (Å²) in [6.07, 6.45) is 1.10. The van der Waals surface area contributed by atoms with Gasteiger partial charge in [-0.05, 0) is 48.6 Å². The number of fused-ring (bicyclic) bond motifs is 1. The maximum absolute atomic E-state index is 12.2. The molecule has 2 aromatic rings. The van der Waals surface area contributed by atoms with Crippen LogP contribution in [0.5, 0.6) is 5.75 Å². The van der Waals surface area contributed by atoms with Crippen LogP contribution >= 0.6 is 0 Å². The van der Waals surface area contributed by atoms with E-state index in [4.69, 9.17) is 9.84 Å². The standard InChI is InChI=1S/C22H24N4O4/c1-13(2)9-22(3,26-21(28)29)12-30-18-5-4-14(8-15(18)10-23)16-6-7-24-17-11-25-20(27)19(16)17/h4-8,13,26H,9,11-12H2,1-3H3,(H,25,27)(H,28,29). The summed E-state index contributed by atoms with van der Waals surface area (Å²) >= 11 is 0. The van der Waals surface area contributed by atoms with Crippen molar-refractivity contribution in [2.45, 2.75) is 39.3 Å². The van der Waals surface area contributed by atoms with Gasteiger partial charge in [0.05, 0.1) is 28.9 Å². The number of ether oxygens (including phenoxy) is 1. The molecule has 0 spiro atoms. The van der Waals surface area contributed by atoms with Crippen LogP contribution in [0.4, 0.5) is 4.79 Å². The Morgan fingerprint density at radius 3 is 2.87 bits per heavy atom. The normalized spacial score (nSPS) is 14.4. The van der Waals surface area contributed by atoms with Gasteiger partial charge in [0.15, 0.2) is 0 Å². The van der Waals surface area contributed by atoms with Crippen molar-refractivity contribution in [2.24, 2.45) is 5.92 Å². The molecule has 8 heteroatoms. The first-order valence-corrected chi connectivity index (χ1v) is 9.67. The highest BCUT2D eigenvalue weighted by molar-refractivity contribution is 6.04. The summed E-state index contributed by atoms with van der Waals surface area (Å²) in [7, 11) is 0. The van der Waals surface area contributed by atoms with Crippen molar-refractivity contribution in [3.63, 3.8) is 0 Å². The Hall–Kier alpha value is -3.60. The molecule has 1 aliphatic rings. The Kier molecular flexibility index (Phi) is 5.92. The molecule has 0 aliphatic carbocycles. The molecule has 3 rings (SSSR count). The van der Waals surface area contributed by atoms with Gasteiger partial charge in [0.2, 0.25) is 0 Å². The quantitative estimate of drug-likeness (QED) is 0.646. The Morgan fingerprint density at radius 1 is 1.43 bits per heavy atom. The maximum Gasteiger partial charge on any atom is 0.405 e. The molecule has 0 saturated carbocycles. The summed E-state index contributed by atoms with van der Waals surface area (Å²) in [5.74, 6) is 0.429. The monoisotopic (exact) mass is 408 g/mol. The highest BCUT2D eigenvalue weighted by Gasteiger charge is 2.29. The topological polar surface area (TPSA) is 124 Å². The van der Waals surface area contributed by atoms with Crippen LogP contribution in [-0.2, 0) is 6.54 Å². The fraction of sp³-hybridized carbons (Fsp3) is 0.364. The minimum Gasteiger partial charge on any atom is -0.490 e. The molecule has 3 N–H and O–H groups in total. The Morgan fingerprint density at radius 2 is 2.20 bits per heavy atom. The third kappa shape index (κ3) is 4.51. The summed E-state index contributed by atoms with van der Waals surface area (Å²) in [4.78, 5) is 27.6. The number of benzene rings is 1. The molecule has 1 aliphatic heterocycles. The number of carboxylic acid groups (broad SMARTS) is 1. The number of nitriles is 1. The number of hydrogen-bond donors (Lipinski definition) is 3. The van der Waals surface area contributed by atoms with Gasteiger partial charge >= 0.3 is 6.09 Å². The molecular weight excluding hydrogens is 384 g/mol. The van der Waals surface area contributed by atoms with Gasteiger partial charge < -0.3 is 20.5 Å². The van der Waals surface area contributed by atoms with Crippen LogP contribution in [0.15, 0.2) is 30.5 Å². The second-order valence-electron chi connectivity index (χ2n) is 8.06. The molecule has 0 saturated heterocycles. The number of carbonyl (C=O) groups excluding carboxylic acids is 1. The second-order valence-corrected chi connectivity index (χ2v) is 8.06. The van der Waals surface area contributed by atoms with Gasteiger partial charge in [0, 0.05) is 6.20 Å². The van der Waals surface area contributed by atoms with Crippen LogP contribution in [0.2, 0.25) is 0 Å². The Labute approximate surface area is 174 Å². The third-order valence-corrected chi connectivity index (χ3v) is 4.90. The van der Waals surface area contributed by atoms with Crippen molar-refractivity contribution in [3.05, 3.63) is 47.3 Å². The predicted octanol–water partition coefficient (Wildman–Crippen LogP) is 3.31. The van der Waals surface area contributed by atoms with Gasteiger partial charge in [-0.2, -0.15) is 5.26 Å². The first-order valence-electron chi connectivity index (χ1n) is 9.67. The van der Waals surface area contributed by atoms with Crippen molar-refractivity contribution in [1.82, 2.24) is 15.6 Å². The number of carbonyl (C=O) groups is 2. The van der Waals surface area contributed by atoms with Crippen molar-refractivity contribution < 1.29 is 19.4 Å². The maximum atomic E-state index is 12.2. The lowest BCUT2D eigenvalue weighted by Gasteiger charge is -2.31. The van der Waals surface area contributed by atoms with E-state index in [1.165, 1.54) is 0 Å². The molecule has 30 heavy (non-hydrogen) atoms. The zero-order valence-corrected chi connectivity index (χ0v) is 17.2. The van der Waals surface area contributed by atoms with Gasteiger partial charge in [0.25, 0.3) is 5.91 Å². The molecule has 2 amide bonds. The zero-order chi connectivity index (χ0) is 21.9. The smallest absolute Gasteiger partial charge is 0.405 e. The van der Waals surface area contributed by atoms with Crippen LogP contribution in [0.1, 0.15) is 48.8 Å². The predicted molar refractivity (Wildman–Crippen MR) is 110 cm³/mol. The van der Waals surface area contributed by atoms with Crippen LogP contribution in [0, 0.1) is 17.2 Å². The number of rotatable bonds is 7. The molecule has 156 valence electrons. The number of nitrogens with zero attached hydrogens (tertiary/aromatic N) is 2. The third-order valence-electron chi connectivity index (χ3n) is 4.90. The number of amides is 2. The number of hydrogen-bond acceptors (Lipinski definition) is 5. The number of pyridine rings is 1. The average Bonchev–Trinajstić information content (AvgIpc) is 3.06. The lowest BCUT2D eigenvalue weighted by Crippen LogP contribution is -2.50. The molecule has 1 atom stereocenters. The van der Waals surface area contributed by atoms with Crippen molar-refractivity contribution in [2.75, 3.05) is 6.61 Å². The molecule has 0 bridgehead atoms. The van der Waals surface area contributed by atoms with Gasteiger partial charge in [0.1, 0.15) is 18.4 Å². The van der Waals surface area contributed by atoms with E-state index >= 15 is 0 Å². The Balaban J connectivity index is 1.87. The summed E-state index contributed by atoms with van der Waals surface area (Å²) in [6.45, 7) is 6.25. The van der Waals surface area contributed by atoms with E-state index in [1.807, 2.05) is 13.8 Å². The summed E-state index contributed by atoms with van der Waals surface area (Å²) in [5.41, 5.74) is 2.12. The number of aromatic nitrogens is 1. The minimum atomic E-state index is -1.12. The molecule has 1 aromatic heterocycles. The van der Waals surface area contributed by atoms with Crippen LogP contribution < -0.4 is 15.4 Å². The molecule has 0 fully saturated rings. The minimum absolute atomic E-state index is 0.0819. The molecule has 1 aromatic carbocycles. The van der Waals surface area contributed by atoms with Gasteiger partial charge in [-0.3, -0.25) is 9.78 Å². The lowest BCUT2D eigenvalue weighted by atomic mass is 9.91. The first-order chi connectivity index (χ1) is 14.2.